The number of nitrogens with two attached hydrogens (primary N) is 4. The van der Waals surface area contributed by atoms with Crippen LogP contribution in [-0.2, 0) is 38.4 Å². The first kappa shape index (κ1) is 47.0. The molecule has 7 atom stereocenters. The number of carboxylic acid groups (broad SMARTS) is 1. The SMILES string of the molecule is CC(C)C[C@H](NC(=O)[C@@H](NC(=O)CNC(=O)[C@@H]1CCCN1C(=O)[C@@H](N)CCC(N)=O)[C@@H](C)O)C(=O)N[C@H](C(=O)N[C@@H](CCCN=C(N)N)C(=O)O)C(C)C. The summed E-state index contributed by atoms with van der Waals surface area (Å²) in [6.45, 7) is 7.84. The zero-order valence-corrected chi connectivity index (χ0v) is 31.6. The van der Waals surface area contributed by atoms with E-state index in [1.54, 1.807) is 27.7 Å². The molecule has 0 unspecified atom stereocenters. The second-order valence-electron chi connectivity index (χ2n) is 14.1. The Kier molecular flexibility index (Phi) is 19.9. The molecule has 0 saturated carbocycles. The standard InChI is InChI=1S/C33H59N11O10/c1-16(2)14-21(27(48)43-25(17(3)4)29(50)40-20(32(53)54)8-6-12-38-33(36)37)41-30(51)26(18(5)45)42-24(47)15-39-28(49)22-9-7-13-44(22)31(52)19(34)10-11-23(35)46/h16-22,25-26,45H,6-15,34H2,1-5H3,(H2,35,46)(H,39,49)(H,40,50)(H,41,51)(H,42,47)(H,43,48)(H,53,54)(H4,36,37,38)/t18-,19+,20+,21+,22+,25+,26+/m1/s1. The number of rotatable bonds is 23. The van der Waals surface area contributed by atoms with E-state index in [2.05, 4.69) is 31.6 Å². The van der Waals surface area contributed by atoms with Crippen LogP contribution in [0.1, 0.15) is 79.6 Å². The lowest BCUT2D eigenvalue weighted by molar-refractivity contribution is -0.143. The Morgan fingerprint density at radius 1 is 0.833 bits per heavy atom. The summed E-state index contributed by atoms with van der Waals surface area (Å²) in [6.07, 6.45) is -0.396. The molecular formula is C33H59N11O10. The number of aliphatic imine (C=N–C) groups is 1. The minimum absolute atomic E-state index is 0.00582. The van der Waals surface area contributed by atoms with Gasteiger partial charge in [0.1, 0.15) is 30.2 Å². The minimum Gasteiger partial charge on any atom is -0.480 e. The predicted molar refractivity (Wildman–Crippen MR) is 195 cm³/mol. The summed E-state index contributed by atoms with van der Waals surface area (Å²) in [5.41, 5.74) is 21.6. The van der Waals surface area contributed by atoms with Gasteiger partial charge in [-0.3, -0.25) is 38.6 Å². The third kappa shape index (κ3) is 16.3. The van der Waals surface area contributed by atoms with Gasteiger partial charge < -0.3 is 64.6 Å². The number of aliphatic hydroxyl groups excluding tert-OH is 1. The molecule has 0 radical (unpaired) electrons. The van der Waals surface area contributed by atoms with Crippen LogP contribution in [0.25, 0.3) is 0 Å². The third-order valence-electron chi connectivity index (χ3n) is 8.51. The molecule has 1 aliphatic rings. The molecular weight excluding hydrogens is 710 g/mol. The van der Waals surface area contributed by atoms with Gasteiger partial charge in [-0.2, -0.15) is 0 Å². The molecule has 0 spiro atoms. The van der Waals surface area contributed by atoms with Gasteiger partial charge in [0.15, 0.2) is 5.96 Å². The maximum atomic E-state index is 13.5. The van der Waals surface area contributed by atoms with Crippen molar-refractivity contribution in [3.05, 3.63) is 0 Å². The number of guanidine groups is 1. The van der Waals surface area contributed by atoms with Gasteiger partial charge in [0.25, 0.3) is 0 Å². The second kappa shape index (κ2) is 22.9. The quantitative estimate of drug-likeness (QED) is 0.0267. The van der Waals surface area contributed by atoms with Gasteiger partial charge in [-0.05, 0) is 57.3 Å². The monoisotopic (exact) mass is 769 g/mol. The van der Waals surface area contributed by atoms with Gasteiger partial charge in [0, 0.05) is 19.5 Å². The smallest absolute Gasteiger partial charge is 0.326 e. The first-order valence-corrected chi connectivity index (χ1v) is 17.9. The van der Waals surface area contributed by atoms with Crippen LogP contribution in [0.15, 0.2) is 4.99 Å². The Balaban J connectivity index is 2.95. The number of amides is 7. The van der Waals surface area contributed by atoms with Crippen LogP contribution >= 0.6 is 0 Å². The highest BCUT2D eigenvalue weighted by Crippen LogP contribution is 2.19. The lowest BCUT2D eigenvalue weighted by Crippen LogP contribution is -2.60. The molecule has 0 aromatic rings. The highest BCUT2D eigenvalue weighted by atomic mass is 16.4. The van der Waals surface area contributed by atoms with Crippen LogP contribution in [0.3, 0.4) is 0 Å². The highest BCUT2D eigenvalue weighted by Gasteiger charge is 2.37. The second-order valence-corrected chi connectivity index (χ2v) is 14.1. The van der Waals surface area contributed by atoms with Crippen LogP contribution in [0.4, 0.5) is 0 Å². The van der Waals surface area contributed by atoms with E-state index in [4.69, 9.17) is 22.9 Å². The van der Waals surface area contributed by atoms with E-state index in [1.807, 2.05) is 0 Å². The molecule has 0 bridgehead atoms. The fourth-order valence-electron chi connectivity index (χ4n) is 5.63. The zero-order chi connectivity index (χ0) is 41.3. The predicted octanol–water partition coefficient (Wildman–Crippen LogP) is -4.15. The average molecular weight is 770 g/mol. The molecule has 54 heavy (non-hydrogen) atoms. The highest BCUT2D eigenvalue weighted by molar-refractivity contribution is 5.96. The van der Waals surface area contributed by atoms with Crippen molar-refractivity contribution in [2.75, 3.05) is 19.6 Å². The fourth-order valence-corrected chi connectivity index (χ4v) is 5.63. The number of likely N-dealkylation sites (tertiary alicyclic amines) is 1. The fraction of sp³-hybridized carbons (Fsp3) is 0.727. The molecule has 0 aliphatic carbocycles. The van der Waals surface area contributed by atoms with Crippen LogP contribution in [0, 0.1) is 11.8 Å². The Morgan fingerprint density at radius 3 is 1.98 bits per heavy atom. The number of carbonyl (C=O) groups is 8. The first-order valence-electron chi connectivity index (χ1n) is 17.9. The lowest BCUT2D eigenvalue weighted by Gasteiger charge is -2.29. The number of hydrogen-bond acceptors (Lipinski definition) is 11. The third-order valence-corrected chi connectivity index (χ3v) is 8.51. The topological polar surface area (TPSA) is 357 Å². The molecule has 15 N–H and O–H groups in total. The van der Waals surface area contributed by atoms with Gasteiger partial charge in [-0.15, -0.1) is 0 Å². The van der Waals surface area contributed by atoms with E-state index in [-0.39, 0.29) is 57.1 Å². The molecule has 1 aliphatic heterocycles. The maximum absolute atomic E-state index is 13.5. The molecule has 1 heterocycles. The Morgan fingerprint density at radius 2 is 1.44 bits per heavy atom. The first-order chi connectivity index (χ1) is 25.2. The Hall–Kier alpha value is -5.05. The van der Waals surface area contributed by atoms with Crippen LogP contribution in [-0.4, -0.2) is 130 Å². The van der Waals surface area contributed by atoms with Gasteiger partial charge in [0.05, 0.1) is 18.7 Å². The van der Waals surface area contributed by atoms with E-state index >= 15 is 0 Å². The largest absolute Gasteiger partial charge is 0.480 e. The Labute approximate surface area is 314 Å². The van der Waals surface area contributed by atoms with Crippen molar-refractivity contribution in [2.24, 2.45) is 39.8 Å². The minimum atomic E-state index is -1.57. The molecule has 21 nitrogen and oxygen atoms in total. The van der Waals surface area contributed by atoms with E-state index < -0.39 is 102 Å². The lowest BCUT2D eigenvalue weighted by atomic mass is 9.99. The van der Waals surface area contributed by atoms with Crippen LogP contribution in [0.2, 0.25) is 0 Å². The van der Waals surface area contributed by atoms with Gasteiger partial charge in [-0.25, -0.2) is 4.79 Å². The summed E-state index contributed by atoms with van der Waals surface area (Å²) in [5.74, 6) is -7.24. The molecule has 1 rings (SSSR count). The number of aliphatic carboxylic acids is 1. The van der Waals surface area contributed by atoms with Gasteiger partial charge in [-0.1, -0.05) is 27.7 Å². The van der Waals surface area contributed by atoms with E-state index in [0.717, 1.165) is 0 Å². The van der Waals surface area contributed by atoms with Crippen LogP contribution in [0.5, 0.6) is 0 Å². The van der Waals surface area contributed by atoms with E-state index in [1.165, 1.54) is 11.8 Å². The van der Waals surface area contributed by atoms with Crippen molar-refractivity contribution in [1.29, 1.82) is 0 Å². The molecule has 306 valence electrons. The van der Waals surface area contributed by atoms with Crippen molar-refractivity contribution in [3.8, 4) is 0 Å². The normalized spacial score (nSPS) is 17.3. The van der Waals surface area contributed by atoms with E-state index in [9.17, 15) is 48.6 Å². The van der Waals surface area contributed by atoms with Gasteiger partial charge >= 0.3 is 5.97 Å². The summed E-state index contributed by atoms with van der Waals surface area (Å²) in [5, 5.41) is 32.3. The number of nitrogens with zero attached hydrogens (tertiary/aromatic N) is 2. The maximum Gasteiger partial charge on any atom is 0.326 e. The summed E-state index contributed by atoms with van der Waals surface area (Å²) in [6, 6.07) is -7.26. The molecule has 0 aromatic heterocycles. The average Bonchev–Trinajstić information content (AvgIpc) is 3.57. The number of carboxylic acids is 1. The van der Waals surface area contributed by atoms with Crippen molar-refractivity contribution >= 4 is 53.3 Å². The summed E-state index contributed by atoms with van der Waals surface area (Å²) >= 11 is 0. The molecule has 0 aromatic carbocycles. The van der Waals surface area contributed by atoms with E-state index in [0.29, 0.717) is 12.8 Å². The number of aliphatic hydroxyl groups is 1. The number of carbonyl (C=O) groups excluding carboxylic acids is 7. The number of hydrogen-bond donors (Lipinski definition) is 11. The van der Waals surface area contributed by atoms with Crippen molar-refractivity contribution in [1.82, 2.24) is 31.5 Å². The summed E-state index contributed by atoms with van der Waals surface area (Å²) in [4.78, 5) is 107. The van der Waals surface area contributed by atoms with Crippen molar-refractivity contribution in [3.63, 3.8) is 0 Å². The van der Waals surface area contributed by atoms with Crippen LogP contribution < -0.4 is 49.5 Å². The number of nitrogens with one attached hydrogen (secondary N) is 5. The van der Waals surface area contributed by atoms with Crippen molar-refractivity contribution < 1.29 is 48.6 Å². The molecule has 7 amide bonds. The Bertz CT molecular complexity index is 1370. The molecule has 1 fully saturated rings. The molecule has 21 heteroatoms. The molecule has 1 saturated heterocycles. The van der Waals surface area contributed by atoms with Gasteiger partial charge in [0.2, 0.25) is 41.4 Å². The van der Waals surface area contributed by atoms with Crippen molar-refractivity contribution in [2.45, 2.75) is 122 Å². The number of primary amides is 1. The summed E-state index contributed by atoms with van der Waals surface area (Å²) < 4.78 is 0. The zero-order valence-electron chi connectivity index (χ0n) is 31.6. The summed E-state index contributed by atoms with van der Waals surface area (Å²) in [7, 11) is 0.